The second-order valence-corrected chi connectivity index (χ2v) is 9.95. The molecule has 1 N–H and O–H groups in total. The van der Waals surface area contributed by atoms with Gasteiger partial charge in [-0.25, -0.2) is 0 Å². The summed E-state index contributed by atoms with van der Waals surface area (Å²) >= 11 is 6.87. The van der Waals surface area contributed by atoms with Crippen LogP contribution in [0.3, 0.4) is 0 Å². The van der Waals surface area contributed by atoms with Crippen LogP contribution in [0.4, 0.5) is 5.69 Å². The van der Waals surface area contributed by atoms with E-state index in [1.54, 1.807) is 0 Å². The van der Waals surface area contributed by atoms with Crippen LogP contribution in [0, 0.1) is 17.2 Å². The van der Waals surface area contributed by atoms with Gasteiger partial charge in [0.2, 0.25) is 0 Å². The smallest absolute Gasteiger partial charge is 0.307 e. The number of aliphatic carboxylic acids is 1. The average Bonchev–Trinajstić information content (AvgIpc) is 3.61. The van der Waals surface area contributed by atoms with Crippen molar-refractivity contribution in [1.29, 1.82) is 5.26 Å². The molecular formula is C27H26ClN3O4. The van der Waals surface area contributed by atoms with E-state index in [0.29, 0.717) is 48.1 Å². The van der Waals surface area contributed by atoms with Crippen molar-refractivity contribution in [3.8, 4) is 17.4 Å². The number of carboxylic acid groups (broad SMARTS) is 1. The van der Waals surface area contributed by atoms with Crippen LogP contribution >= 0.6 is 11.6 Å². The highest BCUT2D eigenvalue weighted by Gasteiger charge is 2.37. The Kier molecular flexibility index (Phi) is 5.68. The summed E-state index contributed by atoms with van der Waals surface area (Å²) in [6.07, 6.45) is 2.35. The number of ether oxygens (including phenoxy) is 1. The molecule has 1 aliphatic carbocycles. The number of carbonyl (C=O) groups is 1. The maximum atomic E-state index is 11.5. The Morgan fingerprint density at radius 1 is 1.17 bits per heavy atom. The molecule has 180 valence electrons. The first kappa shape index (κ1) is 22.4. The highest BCUT2D eigenvalue weighted by Crippen LogP contribution is 2.45. The predicted molar refractivity (Wildman–Crippen MR) is 133 cm³/mol. The number of halogens is 1. The van der Waals surface area contributed by atoms with E-state index in [4.69, 9.17) is 20.8 Å². The Labute approximate surface area is 208 Å². The van der Waals surface area contributed by atoms with Crippen molar-refractivity contribution in [2.45, 2.75) is 25.3 Å². The van der Waals surface area contributed by atoms with Crippen LogP contribution in [0.1, 0.15) is 35.6 Å². The molecular weight excluding hydrogens is 466 g/mol. The van der Waals surface area contributed by atoms with Crippen LogP contribution in [0.25, 0.3) is 22.3 Å². The highest BCUT2D eigenvalue weighted by atomic mass is 35.5. The van der Waals surface area contributed by atoms with Gasteiger partial charge in [0.15, 0.2) is 5.58 Å². The molecule has 6 rings (SSSR count). The number of carboxylic acids is 1. The molecule has 35 heavy (non-hydrogen) atoms. The van der Waals surface area contributed by atoms with Crippen molar-refractivity contribution in [2.75, 3.05) is 44.3 Å². The van der Waals surface area contributed by atoms with Gasteiger partial charge in [0.05, 0.1) is 35.4 Å². The topological polar surface area (TPSA) is 89.9 Å². The number of likely N-dealkylation sites (tertiary alicyclic amines) is 1. The predicted octanol–water partition coefficient (Wildman–Crippen LogP) is 4.86. The van der Waals surface area contributed by atoms with Gasteiger partial charge in [-0.1, -0.05) is 17.7 Å². The van der Waals surface area contributed by atoms with E-state index in [-0.39, 0.29) is 12.0 Å². The fraction of sp³-hybridized carbons (Fsp3) is 0.407. The van der Waals surface area contributed by atoms with Gasteiger partial charge in [-0.2, -0.15) is 5.26 Å². The van der Waals surface area contributed by atoms with Gasteiger partial charge < -0.3 is 19.2 Å². The van der Waals surface area contributed by atoms with E-state index < -0.39 is 5.97 Å². The monoisotopic (exact) mass is 491 g/mol. The molecule has 7 nitrogen and oxygen atoms in total. The highest BCUT2D eigenvalue weighted by molar-refractivity contribution is 6.36. The summed E-state index contributed by atoms with van der Waals surface area (Å²) in [4.78, 5) is 16.0. The lowest BCUT2D eigenvalue weighted by molar-refractivity contribution is -0.141. The molecule has 3 aromatic rings. The minimum atomic E-state index is -0.727. The largest absolute Gasteiger partial charge is 0.481 e. The summed E-state index contributed by atoms with van der Waals surface area (Å²) in [7, 11) is 0. The molecule has 0 amide bonds. The normalized spacial score (nSPS) is 22.5. The van der Waals surface area contributed by atoms with Gasteiger partial charge >= 0.3 is 5.97 Å². The molecule has 0 bridgehead atoms. The maximum absolute atomic E-state index is 11.5. The Bertz CT molecular complexity index is 1350. The van der Waals surface area contributed by atoms with Crippen LogP contribution in [-0.4, -0.2) is 55.4 Å². The third-order valence-corrected chi connectivity index (χ3v) is 8.09. The first-order valence-electron chi connectivity index (χ1n) is 12.1. The number of hydrogen-bond acceptors (Lipinski definition) is 6. The van der Waals surface area contributed by atoms with Crippen LogP contribution in [0.15, 0.2) is 34.7 Å². The summed E-state index contributed by atoms with van der Waals surface area (Å²) in [5, 5.41) is 21.0. The zero-order valence-electron chi connectivity index (χ0n) is 19.3. The summed E-state index contributed by atoms with van der Waals surface area (Å²) < 4.78 is 11.8. The van der Waals surface area contributed by atoms with Gasteiger partial charge in [0, 0.05) is 36.6 Å². The number of benzene rings is 2. The van der Waals surface area contributed by atoms with Crippen molar-refractivity contribution in [2.24, 2.45) is 5.92 Å². The molecule has 2 saturated heterocycles. The maximum Gasteiger partial charge on any atom is 0.307 e. The summed E-state index contributed by atoms with van der Waals surface area (Å²) in [6, 6.07) is 12.6. The molecule has 0 unspecified atom stereocenters. The number of anilines is 1. The molecule has 3 heterocycles. The molecule has 8 heteroatoms. The van der Waals surface area contributed by atoms with E-state index in [9.17, 15) is 15.2 Å². The Balaban J connectivity index is 1.39. The van der Waals surface area contributed by atoms with E-state index in [1.807, 2.05) is 24.3 Å². The number of furan rings is 1. The number of nitrogens with zero attached hydrogens (tertiary/aromatic N) is 3. The lowest BCUT2D eigenvalue weighted by Crippen LogP contribution is -2.36. The Morgan fingerprint density at radius 2 is 2.00 bits per heavy atom. The first-order chi connectivity index (χ1) is 17.0. The molecule has 0 saturated carbocycles. The van der Waals surface area contributed by atoms with E-state index in [0.717, 1.165) is 60.2 Å². The van der Waals surface area contributed by atoms with Crippen LogP contribution in [-0.2, 0) is 16.0 Å². The third-order valence-electron chi connectivity index (χ3n) is 7.69. The molecule has 1 aromatic heterocycles. The Hall–Kier alpha value is -3.05. The second-order valence-electron chi connectivity index (χ2n) is 9.57. The van der Waals surface area contributed by atoms with Crippen molar-refractivity contribution in [3.05, 3.63) is 52.0 Å². The lowest BCUT2D eigenvalue weighted by atomic mass is 9.99. The second kappa shape index (κ2) is 8.87. The minimum Gasteiger partial charge on any atom is -0.481 e. The van der Waals surface area contributed by atoms with Crippen molar-refractivity contribution in [3.63, 3.8) is 0 Å². The summed E-state index contributed by atoms with van der Waals surface area (Å²) in [5.41, 5.74) is 5.09. The third kappa shape index (κ3) is 3.77. The zero-order chi connectivity index (χ0) is 24.1. The minimum absolute atomic E-state index is 0.137. The fourth-order valence-electron chi connectivity index (χ4n) is 5.91. The van der Waals surface area contributed by atoms with Crippen LogP contribution in [0.2, 0.25) is 5.02 Å². The molecule has 3 aliphatic rings. The van der Waals surface area contributed by atoms with Gasteiger partial charge in [0.25, 0.3) is 0 Å². The zero-order valence-corrected chi connectivity index (χ0v) is 20.1. The Morgan fingerprint density at radius 3 is 2.74 bits per heavy atom. The molecule has 2 fully saturated rings. The lowest BCUT2D eigenvalue weighted by Gasteiger charge is -2.30. The van der Waals surface area contributed by atoms with Crippen LogP contribution < -0.4 is 4.90 Å². The van der Waals surface area contributed by atoms with Crippen LogP contribution in [0.5, 0.6) is 0 Å². The summed E-state index contributed by atoms with van der Waals surface area (Å²) in [5.74, 6) is -0.405. The number of rotatable bonds is 4. The average molecular weight is 492 g/mol. The molecule has 0 spiro atoms. The van der Waals surface area contributed by atoms with E-state index in [1.165, 1.54) is 0 Å². The van der Waals surface area contributed by atoms with Crippen molar-refractivity contribution < 1.29 is 19.1 Å². The standard InChI is InChI=1S/C27H26ClN3O4/c28-25-19(2-1-3-23(25)30-8-10-34-11-9-30)24-13-17-12-20-18(21(14-29)26(17)35-24)4-5-22(20)31-7-6-16(15-31)27(32)33/h1-3,12-13,16,22H,4-11,15H2,(H,32,33)/t16-,22-/m1/s1. The molecule has 0 radical (unpaired) electrons. The van der Waals surface area contributed by atoms with Gasteiger partial charge in [0.1, 0.15) is 11.8 Å². The SMILES string of the molecule is N#Cc1c2c(cc3cc(-c4cccc(N5CCOCC5)c4Cl)oc13)[C@H](N1CC[C@@H](C(=O)O)C1)CC2. The van der Waals surface area contributed by atoms with Crippen molar-refractivity contribution in [1.82, 2.24) is 4.90 Å². The van der Waals surface area contributed by atoms with Gasteiger partial charge in [-0.15, -0.1) is 0 Å². The number of hydrogen-bond donors (Lipinski definition) is 1. The summed E-state index contributed by atoms with van der Waals surface area (Å²) in [6.45, 7) is 4.24. The van der Waals surface area contributed by atoms with Gasteiger partial charge in [-0.3, -0.25) is 9.69 Å². The quantitative estimate of drug-likeness (QED) is 0.557. The van der Waals surface area contributed by atoms with Gasteiger partial charge in [-0.05, 0) is 61.2 Å². The van der Waals surface area contributed by atoms with E-state index in [2.05, 4.69) is 21.9 Å². The fourth-order valence-corrected chi connectivity index (χ4v) is 6.25. The number of fused-ring (bicyclic) bond motifs is 2. The molecule has 2 aliphatic heterocycles. The molecule has 2 atom stereocenters. The van der Waals surface area contributed by atoms with E-state index >= 15 is 0 Å². The first-order valence-corrected chi connectivity index (χ1v) is 12.5. The molecule has 2 aromatic carbocycles. The van der Waals surface area contributed by atoms with Crippen molar-refractivity contribution >= 4 is 34.2 Å². The number of morpholine rings is 1. The number of nitriles is 1.